The van der Waals surface area contributed by atoms with E-state index in [2.05, 4.69) is 20.9 Å². The van der Waals surface area contributed by atoms with Gasteiger partial charge in [-0.1, -0.05) is 18.9 Å². The van der Waals surface area contributed by atoms with Crippen molar-refractivity contribution in [3.8, 4) is 5.75 Å². The quantitative estimate of drug-likeness (QED) is 0.492. The van der Waals surface area contributed by atoms with Crippen LogP contribution in [0.1, 0.15) is 49.5 Å². The molecule has 2 aromatic rings. The molecular formula is C23H30N4O4. The fourth-order valence-corrected chi connectivity index (χ4v) is 4.28. The predicted molar refractivity (Wildman–Crippen MR) is 117 cm³/mol. The maximum Gasteiger partial charge on any atom is 0.268 e. The molecule has 2 heterocycles. The van der Waals surface area contributed by atoms with Crippen LogP contribution in [0.15, 0.2) is 24.3 Å². The number of amides is 3. The zero-order chi connectivity index (χ0) is 22.0. The van der Waals surface area contributed by atoms with E-state index in [0.29, 0.717) is 36.7 Å². The number of carbonyl (C=O) groups excluding carboxylic acids is 3. The number of ether oxygens (including phenoxy) is 1. The van der Waals surface area contributed by atoms with E-state index in [1.807, 2.05) is 25.1 Å². The lowest BCUT2D eigenvalue weighted by atomic mass is 9.99. The van der Waals surface area contributed by atoms with E-state index in [-0.39, 0.29) is 29.7 Å². The second kappa shape index (κ2) is 8.99. The third-order valence-corrected chi connectivity index (χ3v) is 6.17. The number of nitrogens with one attached hydrogen (secondary N) is 4. The van der Waals surface area contributed by atoms with Gasteiger partial charge in [-0.05, 0) is 50.3 Å². The minimum atomic E-state index is -0.604. The van der Waals surface area contributed by atoms with Gasteiger partial charge >= 0.3 is 0 Å². The smallest absolute Gasteiger partial charge is 0.268 e. The van der Waals surface area contributed by atoms with Crippen molar-refractivity contribution in [2.75, 3.05) is 13.7 Å². The normalized spacial score (nSPS) is 20.2. The van der Waals surface area contributed by atoms with Gasteiger partial charge in [-0.3, -0.25) is 14.4 Å². The molecule has 4 N–H and O–H groups in total. The molecule has 31 heavy (non-hydrogen) atoms. The number of aromatic nitrogens is 1. The summed E-state index contributed by atoms with van der Waals surface area (Å²) in [7, 11) is 1.59. The summed E-state index contributed by atoms with van der Waals surface area (Å²) in [5.41, 5.74) is 1.19. The van der Waals surface area contributed by atoms with Crippen LogP contribution < -0.4 is 20.7 Å². The first-order valence-corrected chi connectivity index (χ1v) is 11.0. The van der Waals surface area contributed by atoms with Gasteiger partial charge in [0.05, 0.1) is 7.11 Å². The molecule has 0 spiro atoms. The first-order chi connectivity index (χ1) is 14.9. The molecule has 1 aliphatic heterocycles. The van der Waals surface area contributed by atoms with E-state index in [0.717, 1.165) is 30.2 Å². The van der Waals surface area contributed by atoms with Crippen LogP contribution in [0.5, 0.6) is 5.75 Å². The van der Waals surface area contributed by atoms with Gasteiger partial charge in [0.25, 0.3) is 5.91 Å². The summed E-state index contributed by atoms with van der Waals surface area (Å²) < 4.78 is 5.36. The Bertz CT molecular complexity index is 981. The number of H-pyrrole nitrogens is 1. The Kier molecular flexibility index (Phi) is 6.15. The van der Waals surface area contributed by atoms with Crippen LogP contribution in [0.2, 0.25) is 0 Å². The van der Waals surface area contributed by atoms with Crippen molar-refractivity contribution in [3.63, 3.8) is 0 Å². The van der Waals surface area contributed by atoms with Gasteiger partial charge < -0.3 is 25.7 Å². The maximum absolute atomic E-state index is 13.0. The van der Waals surface area contributed by atoms with Gasteiger partial charge in [-0.15, -0.1) is 0 Å². The molecule has 0 bridgehead atoms. The van der Waals surface area contributed by atoms with Crippen molar-refractivity contribution >= 4 is 28.6 Å². The van der Waals surface area contributed by atoms with Crippen molar-refractivity contribution in [3.05, 3.63) is 30.0 Å². The van der Waals surface area contributed by atoms with Crippen LogP contribution >= 0.6 is 0 Å². The van der Waals surface area contributed by atoms with Crippen LogP contribution in [0.4, 0.5) is 0 Å². The third-order valence-electron chi connectivity index (χ3n) is 6.17. The standard InChI is InChI=1S/C23H30N4O4/c1-13(10-15-8-9-24-21(15)28)25-22(29)18(11-14-6-7-14)27-23(30)19-12-16-17(26-19)4-3-5-20(16)31-2/h3-5,12-15,18,26H,6-11H2,1-2H3,(H,24,28)(H,25,29)(H,27,30)/t13-,15+,18+/m1/s1. The highest BCUT2D eigenvalue weighted by Crippen LogP contribution is 2.34. The number of hydrogen-bond donors (Lipinski definition) is 4. The second-order valence-electron chi connectivity index (χ2n) is 8.73. The Morgan fingerprint density at radius 3 is 2.68 bits per heavy atom. The molecule has 4 rings (SSSR count). The SMILES string of the molecule is COc1cccc2[nH]c(C(=O)N[C@@H](CC3CC3)C(=O)N[C@H](C)C[C@@H]3CCNC3=O)cc12. The zero-order valence-electron chi connectivity index (χ0n) is 18.0. The number of methoxy groups -OCH3 is 1. The Balaban J connectivity index is 1.42. The fourth-order valence-electron chi connectivity index (χ4n) is 4.28. The maximum atomic E-state index is 13.0. The summed E-state index contributed by atoms with van der Waals surface area (Å²) in [4.78, 5) is 40.8. The van der Waals surface area contributed by atoms with E-state index >= 15 is 0 Å². The molecule has 1 aromatic carbocycles. The Hall–Kier alpha value is -3.03. The lowest BCUT2D eigenvalue weighted by Gasteiger charge is -2.22. The second-order valence-corrected chi connectivity index (χ2v) is 8.73. The molecule has 8 nitrogen and oxygen atoms in total. The zero-order valence-corrected chi connectivity index (χ0v) is 18.0. The minimum Gasteiger partial charge on any atom is -0.496 e. The predicted octanol–water partition coefficient (Wildman–Crippen LogP) is 2.11. The van der Waals surface area contributed by atoms with Gasteiger partial charge in [-0.2, -0.15) is 0 Å². The molecule has 0 unspecified atom stereocenters. The van der Waals surface area contributed by atoms with Crippen molar-refractivity contribution in [1.82, 2.24) is 20.9 Å². The van der Waals surface area contributed by atoms with E-state index in [9.17, 15) is 14.4 Å². The van der Waals surface area contributed by atoms with Crippen molar-refractivity contribution in [2.24, 2.45) is 11.8 Å². The van der Waals surface area contributed by atoms with Crippen LogP contribution in [-0.2, 0) is 9.59 Å². The molecule has 2 aliphatic rings. The first-order valence-electron chi connectivity index (χ1n) is 11.0. The van der Waals surface area contributed by atoms with Crippen molar-refractivity contribution in [2.45, 2.75) is 51.1 Å². The third kappa shape index (κ3) is 5.00. The highest BCUT2D eigenvalue weighted by atomic mass is 16.5. The monoisotopic (exact) mass is 426 g/mol. The number of benzene rings is 1. The molecule has 1 saturated carbocycles. The summed E-state index contributed by atoms with van der Waals surface area (Å²) in [5.74, 6) is 0.632. The molecule has 1 saturated heterocycles. The fraction of sp³-hybridized carbons (Fsp3) is 0.522. The number of carbonyl (C=O) groups is 3. The summed E-state index contributed by atoms with van der Waals surface area (Å²) in [6.07, 6.45) is 4.19. The minimum absolute atomic E-state index is 0.0539. The number of fused-ring (bicyclic) bond motifs is 1. The lowest BCUT2D eigenvalue weighted by Crippen LogP contribution is -2.49. The highest BCUT2D eigenvalue weighted by Gasteiger charge is 2.32. The molecule has 1 aromatic heterocycles. The summed E-state index contributed by atoms with van der Waals surface area (Å²) in [6.45, 7) is 2.60. The molecule has 3 amide bonds. The molecule has 166 valence electrons. The van der Waals surface area contributed by atoms with E-state index < -0.39 is 6.04 Å². The number of aromatic amines is 1. The molecule has 8 heteroatoms. The van der Waals surface area contributed by atoms with Gasteiger partial charge in [0, 0.05) is 29.4 Å². The van der Waals surface area contributed by atoms with Gasteiger partial charge in [0.1, 0.15) is 17.5 Å². The largest absolute Gasteiger partial charge is 0.496 e. The van der Waals surface area contributed by atoms with Crippen molar-refractivity contribution < 1.29 is 19.1 Å². The summed E-state index contributed by atoms with van der Waals surface area (Å²) in [5, 5.41) is 9.56. The molecular weight excluding hydrogens is 396 g/mol. The van der Waals surface area contributed by atoms with Crippen molar-refractivity contribution in [1.29, 1.82) is 0 Å². The van der Waals surface area contributed by atoms with Gasteiger partial charge in [0.15, 0.2) is 0 Å². The Morgan fingerprint density at radius 2 is 2.00 bits per heavy atom. The summed E-state index contributed by atoms with van der Waals surface area (Å²) in [6, 6.07) is 6.58. The van der Waals surface area contributed by atoms with Crippen LogP contribution in [0, 0.1) is 11.8 Å². The van der Waals surface area contributed by atoms with Gasteiger partial charge in [0.2, 0.25) is 11.8 Å². The van der Waals surface area contributed by atoms with E-state index in [1.165, 1.54) is 0 Å². The van der Waals surface area contributed by atoms with Crippen LogP contribution in [0.3, 0.4) is 0 Å². The highest BCUT2D eigenvalue weighted by molar-refractivity contribution is 6.01. The lowest BCUT2D eigenvalue weighted by molar-refractivity contribution is -0.125. The molecule has 1 aliphatic carbocycles. The Labute approximate surface area is 181 Å². The summed E-state index contributed by atoms with van der Waals surface area (Å²) >= 11 is 0. The first kappa shape index (κ1) is 21.2. The number of hydrogen-bond acceptors (Lipinski definition) is 4. The van der Waals surface area contributed by atoms with E-state index in [1.54, 1.807) is 13.2 Å². The van der Waals surface area contributed by atoms with Crippen LogP contribution in [0.25, 0.3) is 10.9 Å². The molecule has 3 atom stereocenters. The topological polar surface area (TPSA) is 112 Å². The van der Waals surface area contributed by atoms with Crippen LogP contribution in [-0.4, -0.2) is 48.4 Å². The van der Waals surface area contributed by atoms with E-state index in [4.69, 9.17) is 4.74 Å². The molecule has 0 radical (unpaired) electrons. The van der Waals surface area contributed by atoms with Gasteiger partial charge in [-0.25, -0.2) is 0 Å². The molecule has 2 fully saturated rings. The average Bonchev–Trinajstić information content (AvgIpc) is 3.30. The number of rotatable bonds is 9. The average molecular weight is 427 g/mol. The Morgan fingerprint density at radius 1 is 1.19 bits per heavy atom.